The molecule has 3 rings (SSSR count). The van der Waals surface area contributed by atoms with Crippen LogP contribution >= 0.6 is 11.6 Å². The predicted molar refractivity (Wildman–Crippen MR) is 83.9 cm³/mol. The third-order valence-corrected chi connectivity index (χ3v) is 4.34. The number of nitrogens with one attached hydrogen (secondary N) is 1. The summed E-state index contributed by atoms with van der Waals surface area (Å²) in [5.74, 6) is 3.21. The molecule has 1 aliphatic heterocycles. The fourth-order valence-corrected chi connectivity index (χ4v) is 3.35. The molecule has 1 atom stereocenters. The summed E-state index contributed by atoms with van der Waals surface area (Å²) >= 11 is 6.29. The number of rotatable bonds is 3. The van der Waals surface area contributed by atoms with Gasteiger partial charge < -0.3 is 9.88 Å². The summed E-state index contributed by atoms with van der Waals surface area (Å²) in [6.45, 7) is 5.92. The Morgan fingerprint density at radius 3 is 3.00 bits per heavy atom. The number of aromatic amines is 1. The zero-order valence-corrected chi connectivity index (χ0v) is 13.2. The number of piperidine rings is 1. The summed E-state index contributed by atoms with van der Waals surface area (Å²) in [6, 6.07) is 0. The van der Waals surface area contributed by atoms with E-state index in [-0.39, 0.29) is 0 Å². The van der Waals surface area contributed by atoms with Gasteiger partial charge in [0, 0.05) is 37.0 Å². The third kappa shape index (κ3) is 2.88. The van der Waals surface area contributed by atoms with Crippen molar-refractivity contribution in [1.82, 2.24) is 19.9 Å². The molecule has 2 aromatic rings. The summed E-state index contributed by atoms with van der Waals surface area (Å²) in [5.41, 5.74) is 1.04. The highest BCUT2D eigenvalue weighted by Gasteiger charge is 2.26. The number of nitrogens with zero attached hydrogens (tertiary/aromatic N) is 4. The third-order valence-electron chi connectivity index (χ3n) is 4.03. The second-order valence-corrected chi connectivity index (χ2v) is 5.83. The van der Waals surface area contributed by atoms with Crippen molar-refractivity contribution in [3.05, 3.63) is 34.8 Å². The molecule has 0 aliphatic carbocycles. The van der Waals surface area contributed by atoms with E-state index in [0.29, 0.717) is 11.1 Å². The van der Waals surface area contributed by atoms with Crippen LogP contribution in [-0.2, 0) is 6.42 Å². The van der Waals surface area contributed by atoms with E-state index in [1.54, 1.807) is 0 Å². The first-order valence-corrected chi connectivity index (χ1v) is 7.84. The highest BCUT2D eigenvalue weighted by Crippen LogP contribution is 2.31. The quantitative estimate of drug-likeness (QED) is 0.885. The van der Waals surface area contributed by atoms with Gasteiger partial charge in [0.1, 0.15) is 22.6 Å². The van der Waals surface area contributed by atoms with Crippen LogP contribution in [0.15, 0.2) is 12.4 Å². The maximum absolute atomic E-state index is 6.29. The fourth-order valence-electron chi connectivity index (χ4n) is 3.01. The van der Waals surface area contributed by atoms with E-state index in [1.165, 1.54) is 0 Å². The Morgan fingerprint density at radius 1 is 1.43 bits per heavy atom. The van der Waals surface area contributed by atoms with E-state index in [2.05, 4.69) is 31.8 Å². The topological polar surface area (TPSA) is 57.7 Å². The molecule has 5 nitrogen and oxygen atoms in total. The van der Waals surface area contributed by atoms with Crippen LogP contribution in [0.1, 0.15) is 42.9 Å². The van der Waals surface area contributed by atoms with Crippen LogP contribution in [0, 0.1) is 6.92 Å². The van der Waals surface area contributed by atoms with E-state index >= 15 is 0 Å². The Kier molecular flexibility index (Phi) is 4.10. The monoisotopic (exact) mass is 305 g/mol. The van der Waals surface area contributed by atoms with Gasteiger partial charge >= 0.3 is 0 Å². The molecule has 0 radical (unpaired) electrons. The van der Waals surface area contributed by atoms with E-state index in [0.717, 1.165) is 55.4 Å². The minimum Gasteiger partial charge on any atom is -0.356 e. The molecule has 1 fully saturated rings. The van der Waals surface area contributed by atoms with E-state index in [1.807, 2.05) is 19.3 Å². The molecular weight excluding hydrogens is 286 g/mol. The van der Waals surface area contributed by atoms with Gasteiger partial charge in [-0.3, -0.25) is 0 Å². The first-order chi connectivity index (χ1) is 10.2. The highest BCUT2D eigenvalue weighted by molar-refractivity contribution is 6.30. The first-order valence-electron chi connectivity index (χ1n) is 7.46. The number of anilines is 1. The van der Waals surface area contributed by atoms with Crippen molar-refractivity contribution in [2.75, 3.05) is 18.0 Å². The molecule has 3 heterocycles. The second-order valence-electron chi connectivity index (χ2n) is 5.48. The minimum atomic E-state index is 0.424. The molecule has 1 unspecified atom stereocenters. The van der Waals surface area contributed by atoms with Gasteiger partial charge in [0.15, 0.2) is 0 Å². The molecule has 0 aromatic carbocycles. The van der Waals surface area contributed by atoms with Crippen LogP contribution in [0.2, 0.25) is 5.15 Å². The molecule has 21 heavy (non-hydrogen) atoms. The Labute approximate surface area is 129 Å². The maximum Gasteiger partial charge on any atom is 0.138 e. The van der Waals surface area contributed by atoms with Gasteiger partial charge in [-0.1, -0.05) is 18.5 Å². The van der Waals surface area contributed by atoms with Gasteiger partial charge in [-0.05, 0) is 26.2 Å². The number of aryl methyl sites for hydroxylation is 1. The lowest BCUT2D eigenvalue weighted by Crippen LogP contribution is -2.36. The summed E-state index contributed by atoms with van der Waals surface area (Å²) in [7, 11) is 0. The molecule has 1 aliphatic rings. The van der Waals surface area contributed by atoms with Crippen molar-refractivity contribution in [2.45, 2.75) is 39.0 Å². The van der Waals surface area contributed by atoms with Gasteiger partial charge in [0.05, 0.1) is 0 Å². The molecule has 1 N–H and O–H groups in total. The van der Waals surface area contributed by atoms with Crippen molar-refractivity contribution in [3.8, 4) is 0 Å². The van der Waals surface area contributed by atoms with Crippen LogP contribution in [0.5, 0.6) is 0 Å². The normalized spacial score (nSPS) is 19.0. The predicted octanol–water partition coefficient (Wildman–Crippen LogP) is 3.11. The SMILES string of the molecule is CCc1c(Cl)nc(C)nc1N1CCCC(c2ncc[nH]2)C1. The van der Waals surface area contributed by atoms with Gasteiger partial charge in [0.25, 0.3) is 0 Å². The fraction of sp³-hybridized carbons (Fsp3) is 0.533. The van der Waals surface area contributed by atoms with E-state index < -0.39 is 0 Å². The zero-order valence-electron chi connectivity index (χ0n) is 12.4. The van der Waals surface area contributed by atoms with Gasteiger partial charge in [-0.2, -0.15) is 0 Å². The Bertz CT molecular complexity index is 611. The van der Waals surface area contributed by atoms with E-state index in [9.17, 15) is 0 Å². The molecule has 0 bridgehead atoms. The zero-order chi connectivity index (χ0) is 14.8. The van der Waals surface area contributed by atoms with Crippen LogP contribution in [-0.4, -0.2) is 33.0 Å². The molecule has 0 spiro atoms. The number of hydrogen-bond acceptors (Lipinski definition) is 4. The average Bonchev–Trinajstić information content (AvgIpc) is 3.01. The molecule has 112 valence electrons. The molecular formula is C15H20ClN5. The number of aromatic nitrogens is 4. The Hall–Kier alpha value is -1.62. The molecule has 6 heteroatoms. The van der Waals surface area contributed by atoms with Crippen molar-refractivity contribution in [2.24, 2.45) is 0 Å². The molecule has 0 saturated carbocycles. The Balaban J connectivity index is 1.90. The van der Waals surface area contributed by atoms with E-state index in [4.69, 9.17) is 11.6 Å². The van der Waals surface area contributed by atoms with Crippen molar-refractivity contribution < 1.29 is 0 Å². The first kappa shape index (κ1) is 14.3. The lowest BCUT2D eigenvalue weighted by Gasteiger charge is -2.34. The molecule has 2 aromatic heterocycles. The van der Waals surface area contributed by atoms with Crippen molar-refractivity contribution in [3.63, 3.8) is 0 Å². The average molecular weight is 306 g/mol. The Morgan fingerprint density at radius 2 is 2.29 bits per heavy atom. The van der Waals surface area contributed by atoms with Crippen molar-refractivity contribution in [1.29, 1.82) is 0 Å². The van der Waals surface area contributed by atoms with Crippen LogP contribution in [0.25, 0.3) is 0 Å². The number of H-pyrrole nitrogens is 1. The van der Waals surface area contributed by atoms with Crippen LogP contribution < -0.4 is 4.90 Å². The van der Waals surface area contributed by atoms with Crippen LogP contribution in [0.3, 0.4) is 0 Å². The van der Waals surface area contributed by atoms with Crippen molar-refractivity contribution >= 4 is 17.4 Å². The highest BCUT2D eigenvalue weighted by atomic mass is 35.5. The summed E-state index contributed by atoms with van der Waals surface area (Å²) in [5, 5.41) is 0.583. The maximum atomic E-state index is 6.29. The lowest BCUT2D eigenvalue weighted by molar-refractivity contribution is 0.490. The van der Waals surface area contributed by atoms with Gasteiger partial charge in [0.2, 0.25) is 0 Å². The van der Waals surface area contributed by atoms with Gasteiger partial charge in [-0.15, -0.1) is 0 Å². The standard InChI is InChI=1S/C15H20ClN5/c1-3-12-13(16)19-10(2)20-15(12)21-8-4-5-11(9-21)14-17-6-7-18-14/h6-7,11H,3-5,8-9H2,1-2H3,(H,17,18). The smallest absolute Gasteiger partial charge is 0.138 e. The minimum absolute atomic E-state index is 0.424. The second kappa shape index (κ2) is 6.02. The number of hydrogen-bond donors (Lipinski definition) is 1. The molecule has 0 amide bonds. The molecule has 1 saturated heterocycles. The summed E-state index contributed by atoms with van der Waals surface area (Å²) < 4.78 is 0. The summed E-state index contributed by atoms with van der Waals surface area (Å²) in [4.78, 5) is 18.9. The van der Waals surface area contributed by atoms with Crippen LogP contribution in [0.4, 0.5) is 5.82 Å². The lowest BCUT2D eigenvalue weighted by atomic mass is 9.97. The summed E-state index contributed by atoms with van der Waals surface area (Å²) in [6.07, 6.45) is 6.84. The number of halogens is 1. The number of imidazole rings is 1. The van der Waals surface area contributed by atoms with Gasteiger partial charge in [-0.25, -0.2) is 15.0 Å². The largest absolute Gasteiger partial charge is 0.356 e.